The Hall–Kier alpha value is -0.600. The van der Waals surface area contributed by atoms with E-state index in [2.05, 4.69) is 32.2 Å². The molecule has 0 unspecified atom stereocenters. The summed E-state index contributed by atoms with van der Waals surface area (Å²) >= 11 is 0. The number of hydrogen-bond donors (Lipinski definition) is 0. The van der Waals surface area contributed by atoms with Gasteiger partial charge in [0, 0.05) is 18.6 Å². The molecule has 0 heterocycles. The Bertz CT molecular complexity index is 221. The van der Waals surface area contributed by atoms with E-state index in [0.717, 1.165) is 25.7 Å². The van der Waals surface area contributed by atoms with Crippen LogP contribution in [0.3, 0.4) is 0 Å². The van der Waals surface area contributed by atoms with Crippen molar-refractivity contribution in [1.29, 1.82) is 0 Å². The van der Waals surface area contributed by atoms with Gasteiger partial charge in [-0.25, -0.2) is 0 Å². The molecule has 0 bridgehead atoms. The fraction of sp³-hybridized carbons (Fsp3) is 0.765. The van der Waals surface area contributed by atoms with E-state index in [1.165, 1.54) is 12.8 Å². The Morgan fingerprint density at radius 1 is 0.947 bits per heavy atom. The highest BCUT2D eigenvalue weighted by Crippen LogP contribution is 2.33. The molecule has 0 atom stereocenters. The lowest BCUT2D eigenvalue weighted by molar-refractivity contribution is -0.140. The van der Waals surface area contributed by atoms with E-state index in [9.17, 15) is 0 Å². The van der Waals surface area contributed by atoms with Crippen LogP contribution >= 0.6 is 0 Å². The quantitative estimate of drug-likeness (QED) is 0.341. The van der Waals surface area contributed by atoms with E-state index < -0.39 is 0 Å². The summed E-state index contributed by atoms with van der Waals surface area (Å²) < 4.78 is 11.1. The SMILES string of the molecule is C=CC(C=C)(CCCC)CCCC(OCC)OCC. The molecular formula is C17H32O2. The molecule has 0 fully saturated rings. The lowest BCUT2D eigenvalue weighted by Gasteiger charge is -2.27. The maximum Gasteiger partial charge on any atom is 0.157 e. The smallest absolute Gasteiger partial charge is 0.157 e. The summed E-state index contributed by atoms with van der Waals surface area (Å²) in [5, 5.41) is 0. The molecular weight excluding hydrogens is 236 g/mol. The third-order valence-corrected chi connectivity index (χ3v) is 3.60. The second kappa shape index (κ2) is 11.2. The molecule has 0 radical (unpaired) electrons. The molecule has 0 amide bonds. The molecule has 2 nitrogen and oxygen atoms in total. The second-order valence-corrected chi connectivity index (χ2v) is 4.98. The van der Waals surface area contributed by atoms with Crippen LogP contribution in [-0.2, 0) is 9.47 Å². The first-order valence-electron chi connectivity index (χ1n) is 7.68. The standard InChI is InChI=1S/C17H32O2/c1-6-11-14-17(7-2,8-3)15-12-13-16(18-9-4)19-10-5/h7-8,16H,2-3,6,9-15H2,1,4-5H3. The molecule has 0 aliphatic rings. The van der Waals surface area contributed by atoms with E-state index in [4.69, 9.17) is 9.47 Å². The second-order valence-electron chi connectivity index (χ2n) is 4.98. The highest BCUT2D eigenvalue weighted by molar-refractivity contribution is 5.06. The van der Waals surface area contributed by atoms with Gasteiger partial charge in [-0.15, -0.1) is 13.2 Å². The lowest BCUT2D eigenvalue weighted by Crippen LogP contribution is -2.20. The third-order valence-electron chi connectivity index (χ3n) is 3.60. The van der Waals surface area contributed by atoms with E-state index in [-0.39, 0.29) is 11.7 Å². The van der Waals surface area contributed by atoms with E-state index in [0.29, 0.717) is 13.2 Å². The average Bonchev–Trinajstić information content (AvgIpc) is 2.43. The van der Waals surface area contributed by atoms with Gasteiger partial charge in [-0.1, -0.05) is 31.9 Å². The number of rotatable bonds is 13. The molecule has 0 rings (SSSR count). The van der Waals surface area contributed by atoms with Crippen LogP contribution in [0, 0.1) is 5.41 Å². The first-order valence-corrected chi connectivity index (χ1v) is 7.68. The number of hydrogen-bond acceptors (Lipinski definition) is 2. The van der Waals surface area contributed by atoms with Crippen molar-refractivity contribution in [2.24, 2.45) is 5.41 Å². The van der Waals surface area contributed by atoms with Gasteiger partial charge in [-0.05, 0) is 39.5 Å². The molecule has 19 heavy (non-hydrogen) atoms. The maximum atomic E-state index is 5.57. The molecule has 0 aromatic heterocycles. The summed E-state index contributed by atoms with van der Waals surface area (Å²) in [4.78, 5) is 0. The molecule has 2 heteroatoms. The van der Waals surface area contributed by atoms with Crippen molar-refractivity contribution in [3.05, 3.63) is 25.3 Å². The van der Waals surface area contributed by atoms with Gasteiger partial charge in [-0.3, -0.25) is 0 Å². The Kier molecular flexibility index (Phi) is 10.9. The number of unbranched alkanes of at least 4 members (excludes halogenated alkanes) is 1. The van der Waals surface area contributed by atoms with Crippen LogP contribution in [0.15, 0.2) is 25.3 Å². The van der Waals surface area contributed by atoms with Gasteiger partial charge in [0.1, 0.15) is 0 Å². The first-order chi connectivity index (χ1) is 9.17. The van der Waals surface area contributed by atoms with Gasteiger partial charge in [0.15, 0.2) is 6.29 Å². The molecule has 0 saturated heterocycles. The van der Waals surface area contributed by atoms with Crippen LogP contribution in [0.25, 0.3) is 0 Å². The van der Waals surface area contributed by atoms with Crippen LogP contribution in [-0.4, -0.2) is 19.5 Å². The van der Waals surface area contributed by atoms with Gasteiger partial charge in [-0.2, -0.15) is 0 Å². The van der Waals surface area contributed by atoms with Crippen molar-refractivity contribution in [1.82, 2.24) is 0 Å². The summed E-state index contributed by atoms with van der Waals surface area (Å²) in [6.07, 6.45) is 10.7. The molecule has 0 aliphatic carbocycles. The Balaban J connectivity index is 4.22. The molecule has 112 valence electrons. The average molecular weight is 268 g/mol. The highest BCUT2D eigenvalue weighted by atomic mass is 16.7. The van der Waals surface area contributed by atoms with Crippen LogP contribution in [0.1, 0.15) is 59.3 Å². The zero-order valence-electron chi connectivity index (χ0n) is 13.1. The van der Waals surface area contributed by atoms with Gasteiger partial charge in [0.2, 0.25) is 0 Å². The summed E-state index contributed by atoms with van der Waals surface area (Å²) in [6.45, 7) is 15.6. The van der Waals surface area contributed by atoms with Gasteiger partial charge in [0.05, 0.1) is 0 Å². The molecule has 0 aromatic rings. The van der Waals surface area contributed by atoms with Gasteiger partial charge in [0.25, 0.3) is 0 Å². The van der Waals surface area contributed by atoms with E-state index >= 15 is 0 Å². The van der Waals surface area contributed by atoms with Gasteiger partial charge >= 0.3 is 0 Å². The predicted molar refractivity (Wildman–Crippen MR) is 83.2 cm³/mol. The Morgan fingerprint density at radius 3 is 1.89 bits per heavy atom. The minimum Gasteiger partial charge on any atom is -0.353 e. The third kappa shape index (κ3) is 7.54. The van der Waals surface area contributed by atoms with Crippen molar-refractivity contribution in [2.75, 3.05) is 13.2 Å². The lowest BCUT2D eigenvalue weighted by atomic mass is 9.78. The molecule has 0 saturated carbocycles. The monoisotopic (exact) mass is 268 g/mol. The summed E-state index contributed by atoms with van der Waals surface area (Å²) in [5.74, 6) is 0. The Morgan fingerprint density at radius 2 is 1.47 bits per heavy atom. The molecule has 0 aromatic carbocycles. The summed E-state index contributed by atoms with van der Waals surface area (Å²) in [7, 11) is 0. The number of allylic oxidation sites excluding steroid dienone is 2. The largest absolute Gasteiger partial charge is 0.353 e. The normalized spacial score (nSPS) is 11.8. The minimum absolute atomic E-state index is 0.0616. The van der Waals surface area contributed by atoms with E-state index in [1.807, 2.05) is 13.8 Å². The van der Waals surface area contributed by atoms with Crippen molar-refractivity contribution in [3.8, 4) is 0 Å². The summed E-state index contributed by atoms with van der Waals surface area (Å²) in [5.41, 5.74) is 0.0823. The molecule has 0 aliphatic heterocycles. The molecule has 0 spiro atoms. The minimum atomic E-state index is -0.0616. The number of ether oxygens (including phenoxy) is 2. The highest BCUT2D eigenvalue weighted by Gasteiger charge is 2.22. The van der Waals surface area contributed by atoms with E-state index in [1.54, 1.807) is 0 Å². The van der Waals surface area contributed by atoms with Crippen LogP contribution < -0.4 is 0 Å². The van der Waals surface area contributed by atoms with Gasteiger partial charge < -0.3 is 9.47 Å². The predicted octanol–water partition coefficient (Wildman–Crippen LogP) is 5.10. The maximum absolute atomic E-state index is 5.57. The zero-order valence-corrected chi connectivity index (χ0v) is 13.1. The van der Waals surface area contributed by atoms with Crippen LogP contribution in [0.4, 0.5) is 0 Å². The zero-order chi connectivity index (χ0) is 14.6. The van der Waals surface area contributed by atoms with Crippen molar-refractivity contribution < 1.29 is 9.47 Å². The van der Waals surface area contributed by atoms with Crippen molar-refractivity contribution in [2.45, 2.75) is 65.6 Å². The molecule has 0 N–H and O–H groups in total. The first kappa shape index (κ1) is 18.4. The Labute approximate surface area is 119 Å². The summed E-state index contributed by atoms with van der Waals surface area (Å²) in [6, 6.07) is 0. The fourth-order valence-corrected chi connectivity index (χ4v) is 2.31. The van der Waals surface area contributed by atoms with Crippen molar-refractivity contribution in [3.63, 3.8) is 0 Å². The fourth-order valence-electron chi connectivity index (χ4n) is 2.31. The van der Waals surface area contributed by atoms with Crippen LogP contribution in [0.5, 0.6) is 0 Å². The topological polar surface area (TPSA) is 18.5 Å². The van der Waals surface area contributed by atoms with Crippen LogP contribution in [0.2, 0.25) is 0 Å². The van der Waals surface area contributed by atoms with Crippen molar-refractivity contribution >= 4 is 0 Å².